The van der Waals surface area contributed by atoms with Gasteiger partial charge in [0.2, 0.25) is 0 Å². The number of amides is 1. The molecule has 18 heavy (non-hydrogen) atoms. The maximum Gasteiger partial charge on any atom is 0.254 e. The summed E-state index contributed by atoms with van der Waals surface area (Å²) in [4.78, 5) is 15.7. The first-order valence-electron chi connectivity index (χ1n) is 5.60. The molecule has 0 saturated carbocycles. The molecule has 1 aliphatic rings. The van der Waals surface area contributed by atoms with Gasteiger partial charge in [-0.1, -0.05) is 11.6 Å². The second-order valence-electron chi connectivity index (χ2n) is 4.27. The molecule has 2 heterocycles. The summed E-state index contributed by atoms with van der Waals surface area (Å²) in [5.74, 6) is -0.181. The first kappa shape index (κ1) is 13.3. The molecule has 0 aliphatic carbocycles. The summed E-state index contributed by atoms with van der Waals surface area (Å²) >= 11 is 5.80. The highest BCUT2D eigenvalue weighted by Gasteiger charge is 2.26. The van der Waals surface area contributed by atoms with Gasteiger partial charge < -0.3 is 5.32 Å². The minimum absolute atomic E-state index is 0.00335. The van der Waals surface area contributed by atoms with Crippen molar-refractivity contribution in [1.82, 2.24) is 10.3 Å². The van der Waals surface area contributed by atoms with Gasteiger partial charge in [-0.2, -0.15) is 0 Å². The molecule has 1 fully saturated rings. The van der Waals surface area contributed by atoms with Crippen molar-refractivity contribution in [3.8, 4) is 0 Å². The van der Waals surface area contributed by atoms with Crippen molar-refractivity contribution in [2.45, 2.75) is 18.9 Å². The molecule has 1 amide bonds. The van der Waals surface area contributed by atoms with E-state index in [2.05, 4.69) is 10.3 Å². The quantitative estimate of drug-likeness (QED) is 0.825. The number of carbonyl (C=O) groups excluding carboxylic acids is 1. The normalized spacial score (nSPS) is 22.4. The van der Waals surface area contributed by atoms with Crippen LogP contribution in [0.2, 0.25) is 5.15 Å². The van der Waals surface area contributed by atoms with Crippen molar-refractivity contribution < 1.29 is 13.2 Å². The van der Waals surface area contributed by atoms with E-state index < -0.39 is 9.84 Å². The number of carbonyl (C=O) groups is 1. The van der Waals surface area contributed by atoms with Crippen LogP contribution in [0.1, 0.15) is 23.2 Å². The zero-order chi connectivity index (χ0) is 13.2. The Morgan fingerprint density at radius 1 is 1.50 bits per heavy atom. The monoisotopic (exact) mass is 288 g/mol. The van der Waals surface area contributed by atoms with E-state index in [4.69, 9.17) is 11.6 Å². The highest BCUT2D eigenvalue weighted by molar-refractivity contribution is 7.91. The summed E-state index contributed by atoms with van der Waals surface area (Å²) in [5, 5.41) is 2.81. The maximum absolute atomic E-state index is 11.9. The van der Waals surface area contributed by atoms with Gasteiger partial charge >= 0.3 is 0 Å². The molecule has 1 aromatic heterocycles. The molecule has 0 bridgehead atoms. The van der Waals surface area contributed by atoms with Gasteiger partial charge in [0.25, 0.3) is 5.91 Å². The zero-order valence-electron chi connectivity index (χ0n) is 9.60. The number of nitrogens with zero attached hydrogens (tertiary/aromatic N) is 1. The van der Waals surface area contributed by atoms with E-state index in [1.807, 2.05) is 0 Å². The number of aromatic nitrogens is 1. The summed E-state index contributed by atoms with van der Waals surface area (Å²) in [6.07, 6.45) is 2.74. The number of nitrogens with one attached hydrogen (secondary N) is 1. The number of rotatable bonds is 2. The summed E-state index contributed by atoms with van der Waals surface area (Å²) < 4.78 is 22.9. The first-order valence-corrected chi connectivity index (χ1v) is 7.80. The van der Waals surface area contributed by atoms with E-state index in [-0.39, 0.29) is 34.2 Å². The summed E-state index contributed by atoms with van der Waals surface area (Å²) in [6.45, 7) is 0. The van der Waals surface area contributed by atoms with E-state index >= 15 is 0 Å². The van der Waals surface area contributed by atoms with Gasteiger partial charge in [-0.05, 0) is 25.0 Å². The van der Waals surface area contributed by atoms with Gasteiger partial charge in [0.1, 0.15) is 5.15 Å². The number of sulfone groups is 1. The van der Waals surface area contributed by atoms with Crippen LogP contribution in [0.4, 0.5) is 0 Å². The molecule has 1 N–H and O–H groups in total. The highest BCUT2D eigenvalue weighted by atomic mass is 35.5. The van der Waals surface area contributed by atoms with Crippen LogP contribution in [0.5, 0.6) is 0 Å². The number of hydrogen-bond donors (Lipinski definition) is 1. The largest absolute Gasteiger partial charge is 0.348 e. The second kappa shape index (κ2) is 5.24. The third-order valence-electron chi connectivity index (χ3n) is 2.80. The Morgan fingerprint density at radius 2 is 2.28 bits per heavy atom. The van der Waals surface area contributed by atoms with Crippen LogP contribution in [0.3, 0.4) is 0 Å². The zero-order valence-corrected chi connectivity index (χ0v) is 11.2. The fraction of sp³-hybridized carbons (Fsp3) is 0.455. The molecule has 1 aromatic rings. The van der Waals surface area contributed by atoms with Crippen molar-refractivity contribution >= 4 is 27.3 Å². The van der Waals surface area contributed by atoms with Crippen molar-refractivity contribution in [3.05, 3.63) is 29.0 Å². The van der Waals surface area contributed by atoms with Crippen LogP contribution >= 0.6 is 11.6 Å². The van der Waals surface area contributed by atoms with Gasteiger partial charge in [0, 0.05) is 12.2 Å². The Morgan fingerprint density at radius 3 is 2.94 bits per heavy atom. The lowest BCUT2D eigenvalue weighted by Gasteiger charge is -2.23. The predicted octanol–water partition coefficient (Wildman–Crippen LogP) is 1.04. The Bertz CT molecular complexity index is 559. The van der Waals surface area contributed by atoms with E-state index in [0.717, 1.165) is 0 Å². The molecule has 0 radical (unpaired) electrons. The fourth-order valence-corrected chi connectivity index (χ4v) is 3.80. The van der Waals surface area contributed by atoms with Crippen molar-refractivity contribution in [1.29, 1.82) is 0 Å². The Hall–Kier alpha value is -1.14. The Labute approximate surface area is 110 Å². The van der Waals surface area contributed by atoms with Gasteiger partial charge in [-0.25, -0.2) is 13.4 Å². The maximum atomic E-state index is 11.9. The predicted molar refractivity (Wildman–Crippen MR) is 68.4 cm³/mol. The van der Waals surface area contributed by atoms with Crippen molar-refractivity contribution in [3.63, 3.8) is 0 Å². The minimum atomic E-state index is -3.03. The molecule has 0 aromatic carbocycles. The van der Waals surface area contributed by atoms with Crippen LogP contribution in [0.15, 0.2) is 18.3 Å². The first-order chi connectivity index (χ1) is 8.48. The molecule has 1 atom stereocenters. The van der Waals surface area contributed by atoms with Crippen LogP contribution in [0.25, 0.3) is 0 Å². The third kappa shape index (κ3) is 3.20. The number of pyridine rings is 1. The fourth-order valence-electron chi connectivity index (χ4n) is 1.96. The van der Waals surface area contributed by atoms with Gasteiger partial charge in [-0.15, -0.1) is 0 Å². The van der Waals surface area contributed by atoms with E-state index in [1.165, 1.54) is 6.20 Å². The molecule has 2 rings (SSSR count). The summed E-state index contributed by atoms with van der Waals surface area (Å²) in [5.41, 5.74) is 0.266. The molecule has 0 spiro atoms. The molecule has 5 nitrogen and oxygen atoms in total. The van der Waals surface area contributed by atoms with Crippen LogP contribution in [-0.2, 0) is 9.84 Å². The van der Waals surface area contributed by atoms with Crippen LogP contribution < -0.4 is 5.32 Å². The molecule has 1 saturated heterocycles. The highest BCUT2D eigenvalue weighted by Crippen LogP contribution is 2.15. The smallest absolute Gasteiger partial charge is 0.254 e. The average Bonchev–Trinajstić information content (AvgIpc) is 2.28. The number of halogens is 1. The summed E-state index contributed by atoms with van der Waals surface area (Å²) in [7, 11) is -3.03. The van der Waals surface area contributed by atoms with Gasteiger partial charge in [0.05, 0.1) is 17.1 Å². The lowest BCUT2D eigenvalue weighted by molar-refractivity contribution is 0.0938. The topological polar surface area (TPSA) is 76.1 Å². The molecule has 1 aliphatic heterocycles. The second-order valence-corrected chi connectivity index (χ2v) is 6.86. The molecule has 98 valence electrons. The molecular formula is C11H13ClN2O3S. The lowest BCUT2D eigenvalue weighted by Crippen LogP contribution is -2.43. The molecular weight excluding hydrogens is 276 g/mol. The molecule has 1 unspecified atom stereocenters. The number of hydrogen-bond acceptors (Lipinski definition) is 4. The van der Waals surface area contributed by atoms with E-state index in [0.29, 0.717) is 12.8 Å². The summed E-state index contributed by atoms with van der Waals surface area (Å²) in [6, 6.07) is 2.83. The minimum Gasteiger partial charge on any atom is -0.348 e. The van der Waals surface area contributed by atoms with E-state index in [1.54, 1.807) is 12.1 Å². The Balaban J connectivity index is 2.06. The molecule has 7 heteroatoms. The standard InChI is InChI=1S/C11H13ClN2O3S/c12-10-9(4-1-5-13-10)11(15)14-8-3-2-6-18(16,17)7-8/h1,4-5,8H,2-3,6-7H2,(H,14,15). The average molecular weight is 289 g/mol. The third-order valence-corrected chi connectivity index (χ3v) is 4.92. The van der Waals surface area contributed by atoms with Crippen LogP contribution in [-0.4, -0.2) is 36.9 Å². The van der Waals surface area contributed by atoms with Crippen molar-refractivity contribution in [2.75, 3.05) is 11.5 Å². The lowest BCUT2D eigenvalue weighted by atomic mass is 10.1. The van der Waals surface area contributed by atoms with E-state index in [9.17, 15) is 13.2 Å². The van der Waals surface area contributed by atoms with Gasteiger partial charge in [-0.3, -0.25) is 4.79 Å². The van der Waals surface area contributed by atoms with Crippen LogP contribution in [0, 0.1) is 0 Å². The Kier molecular flexibility index (Phi) is 3.87. The van der Waals surface area contributed by atoms with Crippen molar-refractivity contribution in [2.24, 2.45) is 0 Å². The SMILES string of the molecule is O=C(NC1CCCS(=O)(=O)C1)c1cccnc1Cl. The van der Waals surface area contributed by atoms with Gasteiger partial charge in [0.15, 0.2) is 9.84 Å².